The molecule has 0 saturated carbocycles. The van der Waals surface area contributed by atoms with Crippen molar-refractivity contribution in [1.82, 2.24) is 14.8 Å². The van der Waals surface area contributed by atoms with E-state index in [4.69, 9.17) is 11.6 Å². The minimum atomic E-state index is 0.710. The van der Waals surface area contributed by atoms with E-state index in [1.807, 2.05) is 48.0 Å². The standard InChI is InChI=1S/C16H14ClN3S/c1-11-18-16(14-5-3-4-6-15(14)21-2)20(19-11)13-9-7-12(17)8-10-13/h3-10H,1-2H3. The molecule has 0 bridgehead atoms. The summed E-state index contributed by atoms with van der Waals surface area (Å²) in [4.78, 5) is 5.77. The summed E-state index contributed by atoms with van der Waals surface area (Å²) in [7, 11) is 0. The van der Waals surface area contributed by atoms with Crippen LogP contribution in [0.2, 0.25) is 5.02 Å². The summed E-state index contributed by atoms with van der Waals surface area (Å²) in [6.07, 6.45) is 2.06. The summed E-state index contributed by atoms with van der Waals surface area (Å²) in [5, 5.41) is 5.23. The molecule has 5 heteroatoms. The Balaban J connectivity index is 2.18. The first-order valence-electron chi connectivity index (χ1n) is 6.52. The molecule has 0 amide bonds. The number of hydrogen-bond acceptors (Lipinski definition) is 3. The zero-order valence-electron chi connectivity index (χ0n) is 11.7. The molecule has 0 unspecified atom stereocenters. The number of benzene rings is 2. The summed E-state index contributed by atoms with van der Waals surface area (Å²) in [5.41, 5.74) is 2.03. The van der Waals surface area contributed by atoms with E-state index in [0.29, 0.717) is 5.02 Å². The molecular formula is C16H14ClN3S. The molecule has 0 aliphatic heterocycles. The van der Waals surface area contributed by atoms with E-state index in [1.165, 1.54) is 4.90 Å². The maximum Gasteiger partial charge on any atom is 0.164 e. The fraction of sp³-hybridized carbons (Fsp3) is 0.125. The zero-order chi connectivity index (χ0) is 14.8. The number of aromatic nitrogens is 3. The Morgan fingerprint density at radius 3 is 2.48 bits per heavy atom. The third-order valence-corrected chi connectivity index (χ3v) is 4.18. The maximum absolute atomic E-state index is 5.96. The van der Waals surface area contributed by atoms with Crippen molar-refractivity contribution in [3.05, 3.63) is 59.4 Å². The summed E-state index contributed by atoms with van der Waals surface area (Å²) in [6.45, 7) is 1.90. The first kappa shape index (κ1) is 14.2. The molecular weight excluding hydrogens is 302 g/mol. The van der Waals surface area contributed by atoms with Gasteiger partial charge in [-0.2, -0.15) is 5.10 Å². The zero-order valence-corrected chi connectivity index (χ0v) is 13.3. The molecule has 0 aliphatic rings. The van der Waals surface area contributed by atoms with Crippen LogP contribution in [0.1, 0.15) is 5.82 Å². The van der Waals surface area contributed by atoms with Crippen LogP contribution < -0.4 is 0 Å². The number of thioether (sulfide) groups is 1. The molecule has 0 aliphatic carbocycles. The van der Waals surface area contributed by atoms with Crippen LogP contribution in [0.3, 0.4) is 0 Å². The number of rotatable bonds is 3. The average molecular weight is 316 g/mol. The molecule has 21 heavy (non-hydrogen) atoms. The van der Waals surface area contributed by atoms with Crippen molar-refractivity contribution < 1.29 is 0 Å². The lowest BCUT2D eigenvalue weighted by Crippen LogP contribution is -2.00. The molecule has 0 spiro atoms. The van der Waals surface area contributed by atoms with Crippen molar-refractivity contribution in [3.8, 4) is 17.1 Å². The van der Waals surface area contributed by atoms with Crippen molar-refractivity contribution in [3.63, 3.8) is 0 Å². The molecule has 0 N–H and O–H groups in total. The first-order chi connectivity index (χ1) is 10.2. The van der Waals surface area contributed by atoms with Crippen LogP contribution in [-0.2, 0) is 0 Å². The Labute approximate surface area is 133 Å². The van der Waals surface area contributed by atoms with Gasteiger partial charge in [0.15, 0.2) is 5.82 Å². The quantitative estimate of drug-likeness (QED) is 0.661. The summed E-state index contributed by atoms with van der Waals surface area (Å²) in [5.74, 6) is 1.59. The normalized spacial score (nSPS) is 10.8. The van der Waals surface area contributed by atoms with Crippen LogP contribution in [0.25, 0.3) is 17.1 Å². The Hall–Kier alpha value is -1.78. The number of nitrogens with zero attached hydrogens (tertiary/aromatic N) is 3. The van der Waals surface area contributed by atoms with E-state index in [-0.39, 0.29) is 0 Å². The third kappa shape index (κ3) is 2.82. The van der Waals surface area contributed by atoms with Gasteiger partial charge >= 0.3 is 0 Å². The fourth-order valence-electron chi connectivity index (χ4n) is 2.18. The van der Waals surface area contributed by atoms with Crippen LogP contribution in [-0.4, -0.2) is 21.0 Å². The highest BCUT2D eigenvalue weighted by molar-refractivity contribution is 7.98. The number of hydrogen-bond donors (Lipinski definition) is 0. The summed E-state index contributed by atoms with van der Waals surface area (Å²) < 4.78 is 1.86. The van der Waals surface area contributed by atoms with E-state index in [9.17, 15) is 0 Å². The largest absolute Gasteiger partial charge is 0.213 e. The lowest BCUT2D eigenvalue weighted by atomic mass is 10.2. The van der Waals surface area contributed by atoms with Gasteiger partial charge in [0.2, 0.25) is 0 Å². The molecule has 1 aromatic heterocycles. The highest BCUT2D eigenvalue weighted by Crippen LogP contribution is 2.30. The van der Waals surface area contributed by atoms with Gasteiger partial charge < -0.3 is 0 Å². The van der Waals surface area contributed by atoms with Crippen molar-refractivity contribution in [2.45, 2.75) is 11.8 Å². The van der Waals surface area contributed by atoms with E-state index < -0.39 is 0 Å². The molecule has 2 aromatic carbocycles. The van der Waals surface area contributed by atoms with E-state index >= 15 is 0 Å². The topological polar surface area (TPSA) is 30.7 Å². The van der Waals surface area contributed by atoms with Gasteiger partial charge in [0.05, 0.1) is 5.69 Å². The molecule has 3 rings (SSSR count). The van der Waals surface area contributed by atoms with E-state index in [0.717, 1.165) is 22.9 Å². The Morgan fingerprint density at radius 2 is 1.76 bits per heavy atom. The van der Waals surface area contributed by atoms with Crippen LogP contribution in [0.5, 0.6) is 0 Å². The second-order valence-electron chi connectivity index (χ2n) is 4.57. The maximum atomic E-state index is 5.96. The molecule has 3 aromatic rings. The second-order valence-corrected chi connectivity index (χ2v) is 5.86. The second kappa shape index (κ2) is 5.92. The Bertz CT molecular complexity index is 765. The lowest BCUT2D eigenvalue weighted by molar-refractivity contribution is 0.867. The molecule has 0 radical (unpaired) electrons. The first-order valence-corrected chi connectivity index (χ1v) is 8.12. The predicted octanol–water partition coefficient (Wildman–Crippen LogP) is 4.62. The molecule has 0 fully saturated rings. The van der Waals surface area contributed by atoms with Crippen LogP contribution in [0.4, 0.5) is 0 Å². The van der Waals surface area contributed by atoms with Gasteiger partial charge in [0.1, 0.15) is 5.82 Å². The van der Waals surface area contributed by atoms with Gasteiger partial charge in [-0.1, -0.05) is 29.8 Å². The third-order valence-electron chi connectivity index (χ3n) is 3.13. The number of halogens is 1. The molecule has 1 heterocycles. The highest BCUT2D eigenvalue weighted by Gasteiger charge is 2.14. The van der Waals surface area contributed by atoms with Crippen molar-refractivity contribution in [1.29, 1.82) is 0 Å². The molecule has 3 nitrogen and oxygen atoms in total. The van der Waals surface area contributed by atoms with Gasteiger partial charge in [-0.3, -0.25) is 0 Å². The average Bonchev–Trinajstić information content (AvgIpc) is 2.89. The van der Waals surface area contributed by atoms with Crippen molar-refractivity contribution in [2.75, 3.05) is 6.26 Å². The van der Waals surface area contributed by atoms with Crippen LogP contribution in [0, 0.1) is 6.92 Å². The fourth-order valence-corrected chi connectivity index (χ4v) is 2.90. The highest BCUT2D eigenvalue weighted by atomic mass is 35.5. The minimum absolute atomic E-state index is 0.710. The SMILES string of the molecule is CSc1ccccc1-c1nc(C)nn1-c1ccc(Cl)cc1. The molecule has 0 saturated heterocycles. The predicted molar refractivity (Wildman–Crippen MR) is 88.3 cm³/mol. The smallest absolute Gasteiger partial charge is 0.164 e. The molecule has 106 valence electrons. The Kier molecular flexibility index (Phi) is 3.99. The summed E-state index contributed by atoms with van der Waals surface area (Å²) >= 11 is 7.66. The van der Waals surface area contributed by atoms with Crippen molar-refractivity contribution in [2.24, 2.45) is 0 Å². The molecule has 0 atom stereocenters. The minimum Gasteiger partial charge on any atom is -0.213 e. The van der Waals surface area contributed by atoms with Gasteiger partial charge in [-0.15, -0.1) is 11.8 Å². The summed E-state index contributed by atoms with van der Waals surface area (Å²) in [6, 6.07) is 15.8. The lowest BCUT2D eigenvalue weighted by Gasteiger charge is -2.09. The van der Waals surface area contributed by atoms with Crippen LogP contribution in [0.15, 0.2) is 53.4 Å². The Morgan fingerprint density at radius 1 is 1.05 bits per heavy atom. The van der Waals surface area contributed by atoms with Crippen LogP contribution >= 0.6 is 23.4 Å². The number of aryl methyl sites for hydroxylation is 1. The van der Waals surface area contributed by atoms with Crippen molar-refractivity contribution >= 4 is 23.4 Å². The van der Waals surface area contributed by atoms with Gasteiger partial charge in [-0.25, -0.2) is 9.67 Å². The van der Waals surface area contributed by atoms with Gasteiger partial charge in [-0.05, 0) is 43.5 Å². The van der Waals surface area contributed by atoms with Gasteiger partial charge in [0, 0.05) is 15.5 Å². The van der Waals surface area contributed by atoms with E-state index in [1.54, 1.807) is 11.8 Å². The monoisotopic (exact) mass is 315 g/mol. The van der Waals surface area contributed by atoms with E-state index in [2.05, 4.69) is 28.5 Å². The van der Waals surface area contributed by atoms with Gasteiger partial charge in [0.25, 0.3) is 0 Å².